The van der Waals surface area contributed by atoms with Gasteiger partial charge in [-0.1, -0.05) is 42.5 Å². The van der Waals surface area contributed by atoms with Crippen molar-refractivity contribution in [3.8, 4) is 0 Å². The molecule has 0 saturated carbocycles. The number of allylic oxidation sites excluding steroid dienone is 1. The molecule has 64 valence electrons. The number of primary amides is 1. The Morgan fingerprint density at radius 2 is 2.18 bits per heavy atom. The van der Waals surface area contributed by atoms with Crippen molar-refractivity contribution in [2.75, 3.05) is 0 Å². The molecule has 0 radical (unpaired) electrons. The van der Waals surface area contributed by atoms with Crippen LogP contribution in [0.25, 0.3) is 0 Å². The Hall–Kier alpha value is -0.0600. The van der Waals surface area contributed by atoms with Gasteiger partial charge in [0.05, 0.1) is 0 Å². The first-order valence-electron chi connectivity index (χ1n) is 3.56. The summed E-state index contributed by atoms with van der Waals surface area (Å²) >= 11 is 2.16. The lowest BCUT2D eigenvalue weighted by Gasteiger charge is -2.18. The predicted molar refractivity (Wildman–Crippen MR) is 55.4 cm³/mol. The standard InChI is InChI=1S/C8H14INO/c1-8(2,7(10)11)5-3-4-6-9/h4,6H,3,5H2,1-2H3,(H2,10,11)/b6-4+. The summed E-state index contributed by atoms with van der Waals surface area (Å²) in [5.41, 5.74) is 4.82. The van der Waals surface area contributed by atoms with E-state index in [0.717, 1.165) is 12.8 Å². The summed E-state index contributed by atoms with van der Waals surface area (Å²) in [6.45, 7) is 3.74. The maximum Gasteiger partial charge on any atom is 0.223 e. The minimum absolute atomic E-state index is 0.223. The molecule has 2 N–H and O–H groups in total. The SMILES string of the molecule is CC(C)(CC/C=C/I)C(N)=O. The number of nitrogens with two attached hydrogens (primary N) is 1. The van der Waals surface area contributed by atoms with Crippen LogP contribution in [0.4, 0.5) is 0 Å². The van der Waals surface area contributed by atoms with Gasteiger partial charge in [-0.25, -0.2) is 0 Å². The molecule has 0 unspecified atom stereocenters. The molecule has 0 aromatic carbocycles. The van der Waals surface area contributed by atoms with Crippen LogP contribution in [0.3, 0.4) is 0 Å². The third-order valence-electron chi connectivity index (χ3n) is 1.69. The van der Waals surface area contributed by atoms with E-state index < -0.39 is 0 Å². The first-order valence-corrected chi connectivity index (χ1v) is 4.80. The number of hydrogen-bond acceptors (Lipinski definition) is 1. The number of amides is 1. The second kappa shape index (κ2) is 4.74. The average Bonchev–Trinajstić information content (AvgIpc) is 1.88. The van der Waals surface area contributed by atoms with Gasteiger partial charge in [0.1, 0.15) is 0 Å². The van der Waals surface area contributed by atoms with Gasteiger partial charge in [-0.2, -0.15) is 0 Å². The first-order chi connectivity index (χ1) is 5.00. The molecule has 3 heteroatoms. The highest BCUT2D eigenvalue weighted by atomic mass is 127. The van der Waals surface area contributed by atoms with Crippen molar-refractivity contribution >= 4 is 28.5 Å². The van der Waals surface area contributed by atoms with Gasteiger partial charge in [0.2, 0.25) is 5.91 Å². The second-order valence-electron chi connectivity index (χ2n) is 3.15. The highest BCUT2D eigenvalue weighted by Gasteiger charge is 2.23. The molecule has 0 aliphatic carbocycles. The highest BCUT2D eigenvalue weighted by Crippen LogP contribution is 2.21. The Labute approximate surface area is 81.4 Å². The Morgan fingerprint density at radius 1 is 1.64 bits per heavy atom. The van der Waals surface area contributed by atoms with Crippen LogP contribution in [-0.4, -0.2) is 5.91 Å². The van der Waals surface area contributed by atoms with Crippen LogP contribution >= 0.6 is 22.6 Å². The van der Waals surface area contributed by atoms with E-state index in [2.05, 4.69) is 22.6 Å². The lowest BCUT2D eigenvalue weighted by atomic mass is 9.87. The van der Waals surface area contributed by atoms with Gasteiger partial charge in [0.25, 0.3) is 0 Å². The van der Waals surface area contributed by atoms with Crippen LogP contribution < -0.4 is 5.73 Å². The smallest absolute Gasteiger partial charge is 0.223 e. The van der Waals surface area contributed by atoms with E-state index in [4.69, 9.17) is 5.73 Å². The van der Waals surface area contributed by atoms with Crippen LogP contribution in [0.1, 0.15) is 26.7 Å². The molecule has 2 nitrogen and oxygen atoms in total. The van der Waals surface area contributed by atoms with Gasteiger partial charge in [-0.05, 0) is 16.9 Å². The molecule has 0 aliphatic rings. The molecule has 0 spiro atoms. The Kier molecular flexibility index (Phi) is 4.72. The van der Waals surface area contributed by atoms with Crippen molar-refractivity contribution in [1.82, 2.24) is 0 Å². The molecule has 0 fully saturated rings. The van der Waals surface area contributed by atoms with E-state index in [9.17, 15) is 4.79 Å². The molecule has 1 amide bonds. The summed E-state index contributed by atoms with van der Waals surface area (Å²) < 4.78 is 1.95. The lowest BCUT2D eigenvalue weighted by molar-refractivity contribution is -0.126. The van der Waals surface area contributed by atoms with E-state index in [0.29, 0.717) is 0 Å². The summed E-state index contributed by atoms with van der Waals surface area (Å²) in [6, 6.07) is 0. The fourth-order valence-corrected chi connectivity index (χ4v) is 0.990. The van der Waals surface area contributed by atoms with E-state index in [1.165, 1.54) is 0 Å². The molecular weight excluding hydrogens is 253 g/mol. The molecule has 0 saturated heterocycles. The van der Waals surface area contributed by atoms with Crippen LogP contribution in [0.2, 0.25) is 0 Å². The van der Waals surface area contributed by atoms with Gasteiger partial charge in [0.15, 0.2) is 0 Å². The fourth-order valence-electron chi connectivity index (χ4n) is 0.630. The molecule has 0 bridgehead atoms. The normalized spacial score (nSPS) is 12.3. The summed E-state index contributed by atoms with van der Waals surface area (Å²) in [6.07, 6.45) is 3.77. The van der Waals surface area contributed by atoms with Gasteiger partial charge in [-0.15, -0.1) is 0 Å². The highest BCUT2D eigenvalue weighted by molar-refractivity contribution is 14.1. The predicted octanol–water partition coefficient (Wildman–Crippen LogP) is 2.23. The molecule has 0 rings (SSSR count). The van der Waals surface area contributed by atoms with Crippen LogP contribution in [-0.2, 0) is 4.79 Å². The quantitative estimate of drug-likeness (QED) is 0.780. The average molecular weight is 267 g/mol. The first kappa shape index (κ1) is 10.9. The number of rotatable bonds is 4. The zero-order valence-electron chi connectivity index (χ0n) is 6.93. The number of halogens is 1. The summed E-state index contributed by atoms with van der Waals surface area (Å²) in [5.74, 6) is -0.223. The van der Waals surface area contributed by atoms with E-state index in [-0.39, 0.29) is 11.3 Å². The zero-order chi connectivity index (χ0) is 8.91. The third-order valence-corrected chi connectivity index (χ3v) is 2.20. The largest absolute Gasteiger partial charge is 0.369 e. The molecular formula is C8H14INO. The van der Waals surface area contributed by atoms with Crippen LogP contribution in [0, 0.1) is 5.41 Å². The molecule has 0 aliphatic heterocycles. The Balaban J connectivity index is 3.82. The minimum Gasteiger partial charge on any atom is -0.369 e. The maximum atomic E-state index is 10.8. The fraction of sp³-hybridized carbons (Fsp3) is 0.625. The van der Waals surface area contributed by atoms with Crippen molar-refractivity contribution in [3.63, 3.8) is 0 Å². The van der Waals surface area contributed by atoms with Crippen molar-refractivity contribution in [2.24, 2.45) is 11.1 Å². The topological polar surface area (TPSA) is 43.1 Å². The maximum absolute atomic E-state index is 10.8. The second-order valence-corrected chi connectivity index (χ2v) is 3.87. The molecule has 0 heterocycles. The van der Waals surface area contributed by atoms with Crippen LogP contribution in [0.5, 0.6) is 0 Å². The Morgan fingerprint density at radius 3 is 2.55 bits per heavy atom. The van der Waals surface area contributed by atoms with E-state index >= 15 is 0 Å². The number of carbonyl (C=O) groups is 1. The minimum atomic E-state index is -0.365. The number of carbonyl (C=O) groups excluding carboxylic acids is 1. The van der Waals surface area contributed by atoms with Crippen LogP contribution in [0.15, 0.2) is 10.2 Å². The molecule has 0 atom stereocenters. The molecule has 0 aromatic heterocycles. The van der Waals surface area contributed by atoms with Crippen molar-refractivity contribution in [3.05, 3.63) is 10.2 Å². The molecule has 0 aromatic rings. The van der Waals surface area contributed by atoms with Crippen molar-refractivity contribution in [2.45, 2.75) is 26.7 Å². The summed E-state index contributed by atoms with van der Waals surface area (Å²) in [7, 11) is 0. The van der Waals surface area contributed by atoms with Gasteiger partial charge in [0, 0.05) is 5.41 Å². The van der Waals surface area contributed by atoms with Gasteiger partial charge < -0.3 is 5.73 Å². The zero-order valence-corrected chi connectivity index (χ0v) is 9.09. The van der Waals surface area contributed by atoms with E-state index in [1.54, 1.807) is 0 Å². The van der Waals surface area contributed by atoms with Gasteiger partial charge in [-0.3, -0.25) is 4.79 Å². The third kappa shape index (κ3) is 4.40. The lowest BCUT2D eigenvalue weighted by Crippen LogP contribution is -2.31. The summed E-state index contributed by atoms with van der Waals surface area (Å²) in [4.78, 5) is 10.8. The summed E-state index contributed by atoms with van der Waals surface area (Å²) in [5, 5.41) is 0. The monoisotopic (exact) mass is 267 g/mol. The van der Waals surface area contributed by atoms with Crippen molar-refractivity contribution < 1.29 is 4.79 Å². The van der Waals surface area contributed by atoms with Gasteiger partial charge >= 0.3 is 0 Å². The number of hydrogen-bond donors (Lipinski definition) is 1. The molecule has 11 heavy (non-hydrogen) atoms. The van der Waals surface area contributed by atoms with Crippen molar-refractivity contribution in [1.29, 1.82) is 0 Å². The Bertz CT molecular complexity index is 163. The van der Waals surface area contributed by atoms with E-state index in [1.807, 2.05) is 24.0 Å².